The van der Waals surface area contributed by atoms with Crippen LogP contribution in [0.5, 0.6) is 5.75 Å². The van der Waals surface area contributed by atoms with Gasteiger partial charge in [0.1, 0.15) is 23.4 Å². The van der Waals surface area contributed by atoms with Crippen LogP contribution >= 0.6 is 0 Å². The van der Waals surface area contributed by atoms with E-state index in [1.165, 1.54) is 12.0 Å². The minimum atomic E-state index is -0.657. The van der Waals surface area contributed by atoms with Crippen molar-refractivity contribution in [1.29, 1.82) is 5.26 Å². The molecule has 0 fully saturated rings. The number of carbonyl (C=O) groups excluding carboxylic acids is 1. The average molecular weight is 288 g/mol. The third kappa shape index (κ3) is 2.38. The van der Waals surface area contributed by atoms with Crippen LogP contribution in [0.2, 0.25) is 0 Å². The third-order valence-electron chi connectivity index (χ3n) is 3.40. The molecule has 1 aromatic carbocycles. The molecule has 1 heterocycles. The number of aliphatic hydroxyl groups excluding tert-OH is 1. The number of nitriles is 1. The Morgan fingerprint density at radius 3 is 2.81 bits per heavy atom. The van der Waals surface area contributed by atoms with E-state index < -0.39 is 12.0 Å². The topological polar surface area (TPSA) is 82.8 Å². The normalized spacial score (nSPS) is 17.9. The molecule has 0 aromatic heterocycles. The van der Waals surface area contributed by atoms with Crippen LogP contribution in [0.4, 0.5) is 0 Å². The van der Waals surface area contributed by atoms with Crippen molar-refractivity contribution in [2.45, 2.75) is 13.0 Å². The Morgan fingerprint density at radius 2 is 2.24 bits per heavy atom. The SMILES string of the molecule is CCO/C(O)=C(/C#N)C1c2ccc(OC)cc2C(=O)N1C. The number of likely N-dealkylation sites (N-methyl/N-ethyl adjacent to an activating group) is 1. The Bertz CT molecular complexity index is 646. The maximum absolute atomic E-state index is 12.3. The van der Waals surface area contributed by atoms with Gasteiger partial charge in [0.2, 0.25) is 0 Å². The molecule has 21 heavy (non-hydrogen) atoms. The molecular weight excluding hydrogens is 272 g/mol. The fourth-order valence-corrected chi connectivity index (χ4v) is 2.39. The highest BCUT2D eigenvalue weighted by atomic mass is 16.6. The zero-order valence-corrected chi connectivity index (χ0v) is 12.1. The van der Waals surface area contributed by atoms with Crippen molar-refractivity contribution in [2.24, 2.45) is 0 Å². The van der Waals surface area contributed by atoms with Crippen LogP contribution in [0.25, 0.3) is 0 Å². The molecular formula is C15H16N2O4. The Balaban J connectivity index is 2.55. The van der Waals surface area contributed by atoms with Crippen LogP contribution in [0.3, 0.4) is 0 Å². The van der Waals surface area contributed by atoms with Crippen molar-refractivity contribution in [1.82, 2.24) is 4.90 Å². The average Bonchev–Trinajstić information content (AvgIpc) is 2.73. The summed E-state index contributed by atoms with van der Waals surface area (Å²) in [5, 5.41) is 19.2. The fraction of sp³-hybridized carbons (Fsp3) is 0.333. The van der Waals surface area contributed by atoms with E-state index in [4.69, 9.17) is 9.47 Å². The van der Waals surface area contributed by atoms with E-state index in [1.807, 2.05) is 6.07 Å². The van der Waals surface area contributed by atoms with Crippen molar-refractivity contribution in [3.05, 3.63) is 40.8 Å². The Labute approximate surface area is 122 Å². The Kier molecular flexibility index (Phi) is 4.03. The molecule has 6 heteroatoms. The molecule has 1 atom stereocenters. The van der Waals surface area contributed by atoms with Crippen LogP contribution in [0.15, 0.2) is 29.7 Å². The molecule has 1 aliphatic rings. The van der Waals surface area contributed by atoms with E-state index in [9.17, 15) is 15.2 Å². The summed E-state index contributed by atoms with van der Waals surface area (Å²) < 4.78 is 10.1. The molecule has 0 radical (unpaired) electrons. The molecule has 1 N–H and O–H groups in total. The number of nitrogens with zero attached hydrogens (tertiary/aromatic N) is 2. The third-order valence-corrected chi connectivity index (χ3v) is 3.40. The number of methoxy groups -OCH3 is 1. The summed E-state index contributed by atoms with van der Waals surface area (Å²) in [6.45, 7) is 1.93. The standard InChI is InChI=1S/C15H16N2O4/c1-4-21-15(19)12(8-16)13-10-6-5-9(20-3)7-11(10)14(18)17(13)2/h5-7,13,19H,4H2,1-3H3/b15-12-. The van der Waals surface area contributed by atoms with E-state index in [-0.39, 0.29) is 18.1 Å². The lowest BCUT2D eigenvalue weighted by atomic mass is 9.99. The number of hydrogen-bond donors (Lipinski definition) is 1. The number of aliphatic hydroxyl groups is 1. The monoisotopic (exact) mass is 288 g/mol. The van der Waals surface area contributed by atoms with Gasteiger partial charge in [-0.2, -0.15) is 5.26 Å². The molecule has 0 saturated carbocycles. The van der Waals surface area contributed by atoms with E-state index >= 15 is 0 Å². The number of benzene rings is 1. The van der Waals surface area contributed by atoms with Crippen LogP contribution in [0, 0.1) is 11.3 Å². The predicted molar refractivity (Wildman–Crippen MR) is 74.7 cm³/mol. The summed E-state index contributed by atoms with van der Waals surface area (Å²) >= 11 is 0. The molecule has 1 unspecified atom stereocenters. The van der Waals surface area contributed by atoms with Gasteiger partial charge in [-0.1, -0.05) is 6.07 Å². The van der Waals surface area contributed by atoms with Crippen molar-refractivity contribution < 1.29 is 19.4 Å². The van der Waals surface area contributed by atoms with Gasteiger partial charge in [0.05, 0.1) is 13.7 Å². The maximum Gasteiger partial charge on any atom is 0.293 e. The van der Waals surface area contributed by atoms with Gasteiger partial charge in [0.25, 0.3) is 11.9 Å². The molecule has 1 aliphatic heterocycles. The quantitative estimate of drug-likeness (QED) is 0.678. The fourth-order valence-electron chi connectivity index (χ4n) is 2.39. The zero-order valence-electron chi connectivity index (χ0n) is 12.1. The molecule has 0 aliphatic carbocycles. The number of fused-ring (bicyclic) bond motifs is 1. The van der Waals surface area contributed by atoms with Crippen LogP contribution in [-0.4, -0.2) is 36.7 Å². The molecule has 6 nitrogen and oxygen atoms in total. The first-order valence-electron chi connectivity index (χ1n) is 6.46. The molecule has 1 amide bonds. The summed E-state index contributed by atoms with van der Waals surface area (Å²) in [5.41, 5.74) is 1.11. The first-order valence-corrected chi connectivity index (χ1v) is 6.46. The van der Waals surface area contributed by atoms with E-state index in [2.05, 4.69) is 0 Å². The molecule has 0 saturated heterocycles. The van der Waals surface area contributed by atoms with Gasteiger partial charge in [-0.3, -0.25) is 4.79 Å². The molecule has 2 rings (SSSR count). The minimum absolute atomic E-state index is 0.0108. The van der Waals surface area contributed by atoms with Crippen LogP contribution in [0.1, 0.15) is 28.9 Å². The predicted octanol–water partition coefficient (Wildman–Crippen LogP) is 2.15. The van der Waals surface area contributed by atoms with Gasteiger partial charge in [-0.25, -0.2) is 0 Å². The first-order chi connectivity index (χ1) is 10.0. The van der Waals surface area contributed by atoms with E-state index in [0.29, 0.717) is 16.9 Å². The second-order valence-electron chi connectivity index (χ2n) is 4.54. The smallest absolute Gasteiger partial charge is 0.293 e. The second kappa shape index (κ2) is 5.75. The number of ether oxygens (including phenoxy) is 2. The summed E-state index contributed by atoms with van der Waals surface area (Å²) in [4.78, 5) is 13.7. The number of carbonyl (C=O) groups is 1. The molecule has 0 spiro atoms. The lowest BCUT2D eigenvalue weighted by Crippen LogP contribution is -2.25. The molecule has 1 aromatic rings. The van der Waals surface area contributed by atoms with Gasteiger partial charge in [0.15, 0.2) is 0 Å². The Morgan fingerprint density at radius 1 is 1.52 bits per heavy atom. The Hall–Kier alpha value is -2.68. The number of amides is 1. The van der Waals surface area contributed by atoms with Gasteiger partial charge < -0.3 is 19.5 Å². The van der Waals surface area contributed by atoms with Crippen LogP contribution < -0.4 is 4.74 Å². The van der Waals surface area contributed by atoms with Crippen molar-refractivity contribution >= 4 is 5.91 Å². The van der Waals surface area contributed by atoms with Crippen molar-refractivity contribution in [2.75, 3.05) is 20.8 Å². The first kappa shape index (κ1) is 14.7. The summed E-state index contributed by atoms with van der Waals surface area (Å²) in [7, 11) is 3.10. The molecule has 110 valence electrons. The second-order valence-corrected chi connectivity index (χ2v) is 4.54. The lowest BCUT2D eigenvalue weighted by molar-refractivity contribution is 0.0760. The van der Waals surface area contributed by atoms with Gasteiger partial charge >= 0.3 is 0 Å². The van der Waals surface area contributed by atoms with Crippen molar-refractivity contribution in [3.63, 3.8) is 0 Å². The maximum atomic E-state index is 12.3. The molecule has 0 bridgehead atoms. The summed E-state index contributed by atoms with van der Waals surface area (Å²) in [6, 6.07) is 6.33. The number of hydrogen-bond acceptors (Lipinski definition) is 5. The van der Waals surface area contributed by atoms with Gasteiger partial charge in [-0.05, 0) is 24.6 Å². The summed E-state index contributed by atoms with van der Waals surface area (Å²) in [5.74, 6) is -0.119. The highest BCUT2D eigenvalue weighted by Gasteiger charge is 2.39. The van der Waals surface area contributed by atoms with Crippen molar-refractivity contribution in [3.8, 4) is 11.8 Å². The number of rotatable bonds is 4. The van der Waals surface area contributed by atoms with Gasteiger partial charge in [-0.15, -0.1) is 0 Å². The van der Waals surface area contributed by atoms with Gasteiger partial charge in [0, 0.05) is 12.6 Å². The van der Waals surface area contributed by atoms with Crippen LogP contribution in [-0.2, 0) is 4.74 Å². The summed E-state index contributed by atoms with van der Waals surface area (Å²) in [6.07, 6.45) is 0. The largest absolute Gasteiger partial charge is 0.497 e. The highest BCUT2D eigenvalue weighted by Crippen LogP contribution is 2.39. The zero-order chi connectivity index (χ0) is 15.6. The minimum Gasteiger partial charge on any atom is -0.497 e. The lowest BCUT2D eigenvalue weighted by Gasteiger charge is -2.20. The highest BCUT2D eigenvalue weighted by molar-refractivity contribution is 6.00. The van der Waals surface area contributed by atoms with E-state index in [0.717, 1.165) is 0 Å². The van der Waals surface area contributed by atoms with E-state index in [1.54, 1.807) is 32.2 Å².